The molecule has 2 aliphatic rings. The molecule has 0 unspecified atom stereocenters. The summed E-state index contributed by atoms with van der Waals surface area (Å²) in [5, 5.41) is 0. The van der Waals surface area contributed by atoms with Crippen LogP contribution >= 0.6 is 57.1 Å². The number of hydrogen-bond donors (Lipinski definition) is 0. The fraction of sp³-hybridized carbons (Fsp3) is 0.395. The van der Waals surface area contributed by atoms with Gasteiger partial charge in [0, 0.05) is 85.8 Å². The van der Waals surface area contributed by atoms with Gasteiger partial charge in [-0.15, -0.1) is 45.3 Å². The molecule has 11 aromatic heterocycles. The van der Waals surface area contributed by atoms with Gasteiger partial charge in [-0.05, 0) is 156 Å². The van der Waals surface area contributed by atoms with Crippen molar-refractivity contribution in [3.8, 4) is 107 Å². The molecule has 0 saturated carbocycles. The van der Waals surface area contributed by atoms with E-state index in [0.29, 0.717) is 0 Å². The highest BCUT2D eigenvalue weighted by Gasteiger charge is 2.48. The number of nitrogens with zero attached hydrogens (tertiary/aromatic N) is 8. The van der Waals surface area contributed by atoms with Crippen molar-refractivity contribution in [3.63, 3.8) is 0 Å². The van der Waals surface area contributed by atoms with E-state index in [1.54, 1.807) is 0 Å². The smallest absolute Gasteiger partial charge is 0.114 e. The molecule has 0 saturated heterocycles. The van der Waals surface area contributed by atoms with Gasteiger partial charge in [0.1, 0.15) is 11.0 Å². The summed E-state index contributed by atoms with van der Waals surface area (Å²) in [6.45, 7) is 9.32. The molecule has 0 N–H and O–H groups in total. The number of thiophene rings is 4. The molecule has 2 aliphatic carbocycles. The second kappa shape index (κ2) is 32.6. The molecule has 0 fully saturated rings. The van der Waals surface area contributed by atoms with Gasteiger partial charge < -0.3 is 0 Å². The highest BCUT2D eigenvalue weighted by molar-refractivity contribution is 7.26. The minimum atomic E-state index is -0.0978. The van der Waals surface area contributed by atoms with E-state index in [4.69, 9.17) is 38.7 Å². The van der Waals surface area contributed by atoms with Gasteiger partial charge in [-0.2, -0.15) is 8.75 Å². The van der Waals surface area contributed by atoms with Crippen molar-refractivity contribution < 1.29 is 0 Å². The summed E-state index contributed by atoms with van der Waals surface area (Å²) in [6.07, 6.45) is 42.7. The monoisotopic (exact) mass is 1400 g/mol. The Morgan fingerprint density at radius 1 is 0.283 bits per heavy atom. The van der Waals surface area contributed by atoms with Crippen molar-refractivity contribution in [3.05, 3.63) is 181 Å². The number of benzene rings is 1. The first kappa shape index (κ1) is 68.9. The Kier molecular flexibility index (Phi) is 22.7. The molecule has 11 heterocycles. The normalized spacial score (nSPS) is 13.3. The number of hydrogen-bond acceptors (Lipinski definition) is 13. The van der Waals surface area contributed by atoms with Crippen LogP contribution in [-0.2, 0) is 10.8 Å². The molecule has 12 aromatic rings. The zero-order valence-corrected chi connectivity index (χ0v) is 62.5. The summed E-state index contributed by atoms with van der Waals surface area (Å²) < 4.78 is 10.6. The largest absolute Gasteiger partial charge is 0.255 e. The van der Waals surface area contributed by atoms with Gasteiger partial charge in [0.2, 0.25) is 0 Å². The quantitative estimate of drug-likeness (QED) is 0.0358. The van der Waals surface area contributed by atoms with Crippen molar-refractivity contribution in [1.82, 2.24) is 38.7 Å². The Hall–Kier alpha value is -7.26. The maximum Gasteiger partial charge on any atom is 0.114 e. The second-order valence-electron chi connectivity index (χ2n) is 27.9. The average molecular weight is 1400 g/mol. The lowest BCUT2D eigenvalue weighted by Crippen LogP contribution is -2.25. The zero-order chi connectivity index (χ0) is 67.4. The highest BCUT2D eigenvalue weighted by Crippen LogP contribution is 2.64. The van der Waals surface area contributed by atoms with E-state index in [1.807, 2.05) is 94.4 Å². The Morgan fingerprint density at radius 2 is 0.556 bits per heavy atom. The maximum atomic E-state index is 5.31. The Bertz CT molecular complexity index is 4160. The number of aromatic nitrogens is 8. The van der Waals surface area contributed by atoms with E-state index in [-0.39, 0.29) is 10.8 Å². The number of fused-ring (bicyclic) bond motifs is 7. The van der Waals surface area contributed by atoms with E-state index >= 15 is 0 Å². The van der Waals surface area contributed by atoms with Crippen LogP contribution in [0.4, 0.5) is 0 Å². The van der Waals surface area contributed by atoms with E-state index in [9.17, 15) is 0 Å². The first-order valence-corrected chi connectivity index (χ1v) is 41.4. The van der Waals surface area contributed by atoms with Crippen LogP contribution in [0.1, 0.15) is 230 Å². The van der Waals surface area contributed by atoms with Gasteiger partial charge >= 0.3 is 0 Å². The zero-order valence-electron chi connectivity index (χ0n) is 58.4. The molecule has 1 aromatic carbocycles. The Morgan fingerprint density at radius 3 is 0.838 bits per heavy atom. The number of pyridine rings is 6. The summed E-state index contributed by atoms with van der Waals surface area (Å²) in [5.41, 5.74) is 19.6. The SMILES string of the molecule is CCCCCCCCC1(CCCCCCCC)c2cc(-c3cc(-c4ccccn4)nc(-c4ccccn4)c3)sc2-c2sc(-c3ccc(-c4cc5c(s4)-c4sc(-c6cc(-c7ccccn7)nc(-c7ccccn7)c6)cc4C5(CCCCCCCC)CCCCCCCC)c4nsnc34)cc21. The fourth-order valence-corrected chi connectivity index (χ4v) is 21.8. The molecule has 508 valence electrons. The molecule has 0 spiro atoms. The van der Waals surface area contributed by atoms with Crippen LogP contribution in [-0.4, -0.2) is 38.7 Å². The summed E-state index contributed by atoms with van der Waals surface area (Å²) in [5.74, 6) is 0. The summed E-state index contributed by atoms with van der Waals surface area (Å²) >= 11 is 9.31. The molecular weight excluding hydrogens is 1310 g/mol. The van der Waals surface area contributed by atoms with Crippen LogP contribution < -0.4 is 0 Å². The van der Waals surface area contributed by atoms with E-state index in [2.05, 4.69) is 137 Å². The maximum absolute atomic E-state index is 5.31. The molecule has 0 atom stereocenters. The van der Waals surface area contributed by atoms with Crippen LogP contribution in [0.15, 0.2) is 158 Å². The van der Waals surface area contributed by atoms with Crippen LogP contribution in [0.5, 0.6) is 0 Å². The lowest BCUT2D eigenvalue weighted by Gasteiger charge is -2.31. The minimum absolute atomic E-state index is 0.0978. The van der Waals surface area contributed by atoms with Crippen molar-refractivity contribution >= 4 is 68.1 Å². The summed E-state index contributed by atoms with van der Waals surface area (Å²) in [4.78, 5) is 40.6. The van der Waals surface area contributed by atoms with Crippen molar-refractivity contribution in [2.45, 2.75) is 218 Å². The predicted octanol–water partition coefficient (Wildman–Crippen LogP) is 27.2. The van der Waals surface area contributed by atoms with Gasteiger partial charge in [0.15, 0.2) is 0 Å². The van der Waals surface area contributed by atoms with Gasteiger partial charge in [0.25, 0.3) is 0 Å². The van der Waals surface area contributed by atoms with E-state index < -0.39 is 0 Å². The first-order valence-electron chi connectivity index (χ1n) is 37.4. The van der Waals surface area contributed by atoms with E-state index in [0.717, 1.165) is 82.3 Å². The van der Waals surface area contributed by atoms with Gasteiger partial charge in [-0.3, -0.25) is 19.9 Å². The second-order valence-corrected chi connectivity index (χ2v) is 32.6. The van der Waals surface area contributed by atoms with Crippen LogP contribution in [0.3, 0.4) is 0 Å². The lowest BCUT2D eigenvalue weighted by atomic mass is 9.71. The van der Waals surface area contributed by atoms with Gasteiger partial charge in [-0.1, -0.05) is 218 Å². The molecular formula is C86H94N8S5. The molecule has 0 radical (unpaired) electrons. The standard InChI is InChI=1S/C86H94N8S5/c1-5-9-13-17-21-29-43-85(44-30-22-18-14-10-6-2)63-55-75(59-51-71(67-37-25-33-47-87-67)91-72(52-59)68-38-26-34-48-88-68)95-81(63)83-65(85)57-77(97-83)61-41-42-62(80-79(61)93-99-94-80)78-58-66-84(98-78)82-64(86(66,45-31-23-19-15-11-7-3)46-32-24-20-16-12-8-4)56-76(96-82)60-53-73(69-39-27-35-49-89-69)92-74(54-60)70-40-28-36-50-90-70/h25-28,33-42,47-58H,5-24,29-32,43-46H2,1-4H3. The van der Waals surface area contributed by atoms with Crippen molar-refractivity contribution in [2.24, 2.45) is 0 Å². The Labute approximate surface area is 607 Å². The number of rotatable bonds is 36. The van der Waals surface area contributed by atoms with Crippen LogP contribution in [0.2, 0.25) is 0 Å². The number of unbranched alkanes of at least 4 members (excludes halogenated alkanes) is 20. The molecule has 13 heteroatoms. The molecule has 8 nitrogen and oxygen atoms in total. The summed E-state index contributed by atoms with van der Waals surface area (Å²) in [6, 6.07) is 48.8. The molecule has 0 bridgehead atoms. The third-order valence-corrected chi connectivity index (χ3v) is 26.7. The first-order chi connectivity index (χ1) is 48.9. The fourth-order valence-electron chi connectivity index (χ4n) is 15.8. The highest BCUT2D eigenvalue weighted by atomic mass is 32.1. The molecule has 0 aliphatic heterocycles. The van der Waals surface area contributed by atoms with Crippen molar-refractivity contribution in [1.29, 1.82) is 0 Å². The third kappa shape index (κ3) is 14.8. The van der Waals surface area contributed by atoms with Crippen LogP contribution in [0.25, 0.3) is 118 Å². The summed E-state index contributed by atoms with van der Waals surface area (Å²) in [7, 11) is 0. The topological polar surface area (TPSA) is 103 Å². The average Bonchev–Trinajstić information content (AvgIpc) is 1.55. The molecule has 0 amide bonds. The van der Waals surface area contributed by atoms with E-state index in [1.165, 1.54) is 249 Å². The molecule has 14 rings (SSSR count). The Balaban J connectivity index is 0.874. The lowest BCUT2D eigenvalue weighted by molar-refractivity contribution is 0.399. The predicted molar refractivity (Wildman–Crippen MR) is 424 cm³/mol. The minimum Gasteiger partial charge on any atom is -0.255 e. The third-order valence-electron chi connectivity index (χ3n) is 21.1. The molecule has 99 heavy (non-hydrogen) atoms. The van der Waals surface area contributed by atoms with Crippen molar-refractivity contribution in [2.75, 3.05) is 0 Å². The van der Waals surface area contributed by atoms with Crippen LogP contribution in [0, 0.1) is 0 Å². The van der Waals surface area contributed by atoms with Gasteiger partial charge in [-0.25, -0.2) is 9.97 Å². The van der Waals surface area contributed by atoms with Gasteiger partial charge in [0.05, 0.1) is 57.3 Å².